The van der Waals surface area contributed by atoms with Crippen LogP contribution in [-0.2, 0) is 16.4 Å². The maximum Gasteiger partial charge on any atom is 0.243 e. The van der Waals surface area contributed by atoms with Crippen LogP contribution >= 0.6 is 0 Å². The summed E-state index contributed by atoms with van der Waals surface area (Å²) in [5.41, 5.74) is 1.17. The quantitative estimate of drug-likeness (QED) is 0.787. The number of hydrogen-bond donors (Lipinski definition) is 1. The van der Waals surface area contributed by atoms with Crippen molar-refractivity contribution in [3.8, 4) is 0 Å². The molecule has 118 valence electrons. The van der Waals surface area contributed by atoms with Crippen LogP contribution in [0.4, 0.5) is 0 Å². The van der Waals surface area contributed by atoms with E-state index in [1.54, 1.807) is 16.4 Å². The third-order valence-corrected chi connectivity index (χ3v) is 6.13. The molecule has 1 aromatic rings. The Bertz CT molecular complexity index is 540. The fourth-order valence-electron chi connectivity index (χ4n) is 2.91. The highest BCUT2D eigenvalue weighted by Crippen LogP contribution is 2.27. The van der Waals surface area contributed by atoms with E-state index < -0.39 is 10.0 Å². The molecular weight excluding hydrogens is 284 g/mol. The van der Waals surface area contributed by atoms with Gasteiger partial charge in [-0.05, 0) is 56.5 Å². The van der Waals surface area contributed by atoms with Crippen molar-refractivity contribution in [3.05, 3.63) is 29.8 Å². The fraction of sp³-hybridized carbons (Fsp3) is 0.625. The maximum absolute atomic E-state index is 12.7. The number of nitrogens with zero attached hydrogens (tertiary/aromatic N) is 1. The maximum atomic E-state index is 12.7. The molecule has 1 aliphatic heterocycles. The summed E-state index contributed by atoms with van der Waals surface area (Å²) in [7, 11) is -3.32. The Morgan fingerprint density at radius 1 is 1.24 bits per heavy atom. The molecular formula is C16H26N2O2S. The second-order valence-electron chi connectivity index (χ2n) is 5.57. The van der Waals surface area contributed by atoms with Gasteiger partial charge >= 0.3 is 0 Å². The third kappa shape index (κ3) is 3.84. The summed E-state index contributed by atoms with van der Waals surface area (Å²) in [5, 5.41) is 3.27. The van der Waals surface area contributed by atoms with Crippen molar-refractivity contribution in [2.24, 2.45) is 0 Å². The predicted molar refractivity (Wildman–Crippen MR) is 85.9 cm³/mol. The van der Waals surface area contributed by atoms with E-state index in [-0.39, 0.29) is 6.04 Å². The number of sulfonamides is 1. The summed E-state index contributed by atoms with van der Waals surface area (Å²) in [5.74, 6) is 0. The Kier molecular flexibility index (Phi) is 5.79. The van der Waals surface area contributed by atoms with Gasteiger partial charge in [0.15, 0.2) is 0 Å². The Labute approximate surface area is 128 Å². The van der Waals surface area contributed by atoms with E-state index >= 15 is 0 Å². The minimum absolute atomic E-state index is 0.170. The van der Waals surface area contributed by atoms with Gasteiger partial charge in [0, 0.05) is 12.6 Å². The van der Waals surface area contributed by atoms with Crippen LogP contribution in [0.5, 0.6) is 0 Å². The van der Waals surface area contributed by atoms with Gasteiger partial charge in [-0.25, -0.2) is 8.42 Å². The van der Waals surface area contributed by atoms with Gasteiger partial charge in [-0.2, -0.15) is 4.31 Å². The molecule has 1 unspecified atom stereocenters. The van der Waals surface area contributed by atoms with Crippen LogP contribution in [0.25, 0.3) is 0 Å². The first kappa shape index (κ1) is 16.5. The van der Waals surface area contributed by atoms with E-state index in [1.165, 1.54) is 5.56 Å². The molecule has 5 heteroatoms. The molecule has 0 amide bonds. The fourth-order valence-corrected chi connectivity index (χ4v) is 4.67. The van der Waals surface area contributed by atoms with Crippen LogP contribution in [0, 0.1) is 0 Å². The zero-order valence-electron chi connectivity index (χ0n) is 13.0. The van der Waals surface area contributed by atoms with Crippen LogP contribution < -0.4 is 5.32 Å². The monoisotopic (exact) mass is 310 g/mol. The minimum atomic E-state index is -3.32. The first-order chi connectivity index (χ1) is 10.1. The Hall–Kier alpha value is -0.910. The molecule has 1 heterocycles. The van der Waals surface area contributed by atoms with E-state index in [0.717, 1.165) is 38.8 Å². The van der Waals surface area contributed by atoms with Crippen LogP contribution in [-0.4, -0.2) is 38.4 Å². The number of nitrogens with one attached hydrogen (secondary N) is 1. The minimum Gasteiger partial charge on any atom is -0.317 e. The molecule has 1 aliphatic rings. The van der Waals surface area contributed by atoms with Crippen LogP contribution in [0.1, 0.15) is 38.7 Å². The standard InChI is InChI=1S/C16H26N2O2S/c1-3-15-6-5-13-18(15)21(19,20)16-9-7-14(8-10-16)11-12-17-4-2/h7-10,15,17H,3-6,11-13H2,1-2H3. The number of benzene rings is 1. The van der Waals surface area contributed by atoms with Crippen molar-refractivity contribution in [2.45, 2.75) is 50.5 Å². The topological polar surface area (TPSA) is 49.4 Å². The number of hydrogen-bond acceptors (Lipinski definition) is 3. The summed E-state index contributed by atoms with van der Waals surface area (Å²) in [6, 6.07) is 7.54. The van der Waals surface area contributed by atoms with Gasteiger partial charge in [0.05, 0.1) is 4.90 Å². The molecule has 1 atom stereocenters. The van der Waals surface area contributed by atoms with Gasteiger partial charge in [0.1, 0.15) is 0 Å². The SMILES string of the molecule is CCNCCc1ccc(S(=O)(=O)N2CCCC2CC)cc1. The van der Waals surface area contributed by atoms with E-state index in [9.17, 15) is 8.42 Å². The lowest BCUT2D eigenvalue weighted by Gasteiger charge is -2.23. The number of likely N-dealkylation sites (N-methyl/N-ethyl adjacent to an activating group) is 1. The van der Waals surface area contributed by atoms with Crippen molar-refractivity contribution in [1.82, 2.24) is 9.62 Å². The van der Waals surface area contributed by atoms with E-state index in [4.69, 9.17) is 0 Å². The summed E-state index contributed by atoms with van der Waals surface area (Å²) < 4.78 is 27.1. The lowest BCUT2D eigenvalue weighted by Crippen LogP contribution is -2.35. The van der Waals surface area contributed by atoms with Crippen molar-refractivity contribution in [2.75, 3.05) is 19.6 Å². The molecule has 4 nitrogen and oxygen atoms in total. The van der Waals surface area contributed by atoms with E-state index in [1.807, 2.05) is 12.1 Å². The highest BCUT2D eigenvalue weighted by atomic mass is 32.2. The molecule has 1 N–H and O–H groups in total. The van der Waals surface area contributed by atoms with Gasteiger partial charge in [0.25, 0.3) is 0 Å². The van der Waals surface area contributed by atoms with Gasteiger partial charge < -0.3 is 5.32 Å². The van der Waals surface area contributed by atoms with Crippen molar-refractivity contribution >= 4 is 10.0 Å². The Morgan fingerprint density at radius 2 is 1.95 bits per heavy atom. The molecule has 0 spiro atoms. The lowest BCUT2D eigenvalue weighted by atomic mass is 10.1. The second kappa shape index (κ2) is 7.38. The average molecular weight is 310 g/mol. The average Bonchev–Trinajstić information content (AvgIpc) is 2.97. The normalized spacial score (nSPS) is 20.0. The van der Waals surface area contributed by atoms with Gasteiger partial charge in [-0.3, -0.25) is 0 Å². The number of rotatable bonds is 7. The highest BCUT2D eigenvalue weighted by Gasteiger charge is 2.33. The molecule has 0 aliphatic carbocycles. The molecule has 2 rings (SSSR count). The summed E-state index contributed by atoms with van der Waals surface area (Å²) in [6.45, 7) is 6.67. The van der Waals surface area contributed by atoms with Gasteiger partial charge in [-0.1, -0.05) is 26.0 Å². The molecule has 21 heavy (non-hydrogen) atoms. The summed E-state index contributed by atoms with van der Waals surface area (Å²) >= 11 is 0. The van der Waals surface area contributed by atoms with Crippen LogP contribution in [0.2, 0.25) is 0 Å². The second-order valence-corrected chi connectivity index (χ2v) is 7.46. The molecule has 1 aromatic carbocycles. The zero-order chi connectivity index (χ0) is 15.3. The summed E-state index contributed by atoms with van der Waals surface area (Å²) in [4.78, 5) is 0.426. The molecule has 0 bridgehead atoms. The smallest absolute Gasteiger partial charge is 0.243 e. The van der Waals surface area contributed by atoms with Crippen molar-refractivity contribution in [1.29, 1.82) is 0 Å². The molecule has 1 fully saturated rings. The van der Waals surface area contributed by atoms with E-state index in [0.29, 0.717) is 11.4 Å². The zero-order valence-corrected chi connectivity index (χ0v) is 13.8. The van der Waals surface area contributed by atoms with Crippen molar-refractivity contribution in [3.63, 3.8) is 0 Å². The molecule has 0 saturated carbocycles. The lowest BCUT2D eigenvalue weighted by molar-refractivity contribution is 0.379. The molecule has 1 saturated heterocycles. The first-order valence-electron chi connectivity index (χ1n) is 7.91. The van der Waals surface area contributed by atoms with Crippen LogP contribution in [0.15, 0.2) is 29.2 Å². The Morgan fingerprint density at radius 3 is 2.57 bits per heavy atom. The van der Waals surface area contributed by atoms with Gasteiger partial charge in [0.2, 0.25) is 10.0 Å². The van der Waals surface area contributed by atoms with Crippen molar-refractivity contribution < 1.29 is 8.42 Å². The largest absolute Gasteiger partial charge is 0.317 e. The summed E-state index contributed by atoms with van der Waals surface area (Å²) in [6.07, 6.45) is 3.77. The first-order valence-corrected chi connectivity index (χ1v) is 9.35. The van der Waals surface area contributed by atoms with Crippen LogP contribution in [0.3, 0.4) is 0 Å². The van der Waals surface area contributed by atoms with E-state index in [2.05, 4.69) is 19.2 Å². The molecule has 0 radical (unpaired) electrons. The Balaban J connectivity index is 2.10. The van der Waals surface area contributed by atoms with Gasteiger partial charge in [-0.15, -0.1) is 0 Å². The molecule has 0 aromatic heterocycles. The third-order valence-electron chi connectivity index (χ3n) is 4.16. The predicted octanol–water partition coefficient (Wildman–Crippen LogP) is 2.40. The highest BCUT2D eigenvalue weighted by molar-refractivity contribution is 7.89.